The van der Waals surface area contributed by atoms with E-state index in [0.29, 0.717) is 12.4 Å². The first-order chi connectivity index (χ1) is 8.65. The third kappa shape index (κ3) is 5.01. The van der Waals surface area contributed by atoms with Crippen LogP contribution in [0.1, 0.15) is 19.4 Å². The number of hydrogen-bond donors (Lipinski definition) is 0. The summed E-state index contributed by atoms with van der Waals surface area (Å²) in [6.45, 7) is 7.52. The predicted octanol–water partition coefficient (Wildman–Crippen LogP) is 2.63. The van der Waals surface area contributed by atoms with E-state index in [1.54, 1.807) is 25.1 Å². The van der Waals surface area contributed by atoms with Gasteiger partial charge in [0.2, 0.25) is 0 Å². The zero-order valence-electron chi connectivity index (χ0n) is 10.7. The van der Waals surface area contributed by atoms with Gasteiger partial charge in [-0.05, 0) is 31.5 Å². The Morgan fingerprint density at radius 1 is 1.50 bits per heavy atom. The van der Waals surface area contributed by atoms with Crippen molar-refractivity contribution in [3.63, 3.8) is 0 Å². The van der Waals surface area contributed by atoms with E-state index in [1.807, 2.05) is 19.1 Å². The van der Waals surface area contributed by atoms with Crippen molar-refractivity contribution in [3.05, 3.63) is 36.4 Å². The van der Waals surface area contributed by atoms with Crippen LogP contribution >= 0.6 is 0 Å². The van der Waals surface area contributed by atoms with E-state index < -0.39 is 12.3 Å². The predicted molar refractivity (Wildman–Crippen MR) is 69.2 cm³/mol. The van der Waals surface area contributed by atoms with Gasteiger partial charge in [-0.15, -0.1) is 0 Å². The Kier molecular flexibility index (Phi) is 5.94. The Labute approximate surface area is 107 Å². The molecule has 0 radical (unpaired) electrons. The topological polar surface area (TPSA) is 44.8 Å². The first kappa shape index (κ1) is 14.3. The van der Waals surface area contributed by atoms with Gasteiger partial charge in [0, 0.05) is 6.61 Å². The second kappa shape index (κ2) is 7.50. The van der Waals surface area contributed by atoms with Crippen molar-refractivity contribution < 1.29 is 19.0 Å². The molecule has 1 aromatic carbocycles. The molecular weight excluding hydrogens is 232 g/mol. The number of carbonyl (C=O) groups excluding carboxylic acids is 1. The summed E-state index contributed by atoms with van der Waals surface area (Å²) in [7, 11) is 0. The maximum absolute atomic E-state index is 11.4. The first-order valence-corrected chi connectivity index (χ1v) is 5.82. The summed E-state index contributed by atoms with van der Waals surface area (Å²) in [5.74, 6) is 0.147. The average molecular weight is 250 g/mol. The van der Waals surface area contributed by atoms with Gasteiger partial charge in [-0.3, -0.25) is 0 Å². The molecule has 0 saturated carbocycles. The number of ether oxygens (including phenoxy) is 3. The molecule has 0 aliphatic rings. The summed E-state index contributed by atoms with van der Waals surface area (Å²) in [6.07, 6.45) is 1.16. The molecule has 0 aromatic heterocycles. The zero-order valence-corrected chi connectivity index (χ0v) is 10.7. The van der Waals surface area contributed by atoms with Crippen LogP contribution in [0.25, 0.3) is 6.08 Å². The maximum Gasteiger partial charge on any atom is 0.346 e. The van der Waals surface area contributed by atoms with E-state index in [1.165, 1.54) is 0 Å². The molecule has 0 aliphatic carbocycles. The van der Waals surface area contributed by atoms with E-state index in [-0.39, 0.29) is 6.61 Å². The molecule has 1 unspecified atom stereocenters. The van der Waals surface area contributed by atoms with Crippen LogP contribution in [0.4, 0.5) is 0 Å². The van der Waals surface area contributed by atoms with Crippen molar-refractivity contribution >= 4 is 12.0 Å². The quantitative estimate of drug-likeness (QED) is 0.551. The van der Waals surface area contributed by atoms with Gasteiger partial charge in [0.1, 0.15) is 5.75 Å². The van der Waals surface area contributed by atoms with Crippen LogP contribution in [0.5, 0.6) is 5.75 Å². The molecule has 1 rings (SSSR count). The fraction of sp³-hybridized carbons (Fsp3) is 0.357. The lowest BCUT2D eigenvalue weighted by Gasteiger charge is -2.13. The third-order valence-electron chi connectivity index (χ3n) is 2.15. The van der Waals surface area contributed by atoms with E-state index in [2.05, 4.69) is 6.58 Å². The van der Waals surface area contributed by atoms with Gasteiger partial charge < -0.3 is 14.2 Å². The van der Waals surface area contributed by atoms with Crippen LogP contribution in [0.15, 0.2) is 30.8 Å². The molecule has 0 aliphatic heterocycles. The molecule has 0 bridgehead atoms. The van der Waals surface area contributed by atoms with E-state index >= 15 is 0 Å². The van der Waals surface area contributed by atoms with E-state index in [9.17, 15) is 4.79 Å². The minimum Gasteiger partial charge on any atom is -0.482 e. The summed E-state index contributed by atoms with van der Waals surface area (Å²) >= 11 is 0. The van der Waals surface area contributed by atoms with Crippen LogP contribution in [0, 0.1) is 0 Å². The van der Waals surface area contributed by atoms with Crippen molar-refractivity contribution in [3.8, 4) is 5.75 Å². The van der Waals surface area contributed by atoms with Gasteiger partial charge in [0.25, 0.3) is 0 Å². The molecule has 1 atom stereocenters. The lowest BCUT2D eigenvalue weighted by Crippen LogP contribution is -2.22. The molecule has 0 amide bonds. The Morgan fingerprint density at radius 3 is 2.94 bits per heavy atom. The lowest BCUT2D eigenvalue weighted by atomic mass is 10.2. The van der Waals surface area contributed by atoms with Crippen molar-refractivity contribution in [2.75, 3.05) is 13.2 Å². The Morgan fingerprint density at radius 2 is 2.28 bits per heavy atom. The summed E-state index contributed by atoms with van der Waals surface area (Å²) in [5.41, 5.74) is 0.934. The second-order valence-electron chi connectivity index (χ2n) is 3.58. The average Bonchev–Trinajstić information content (AvgIpc) is 2.37. The van der Waals surface area contributed by atoms with Gasteiger partial charge in [-0.25, -0.2) is 4.79 Å². The monoisotopic (exact) mass is 250 g/mol. The van der Waals surface area contributed by atoms with Crippen molar-refractivity contribution in [2.45, 2.75) is 20.1 Å². The van der Waals surface area contributed by atoms with Gasteiger partial charge in [0.05, 0.1) is 0 Å². The fourth-order valence-electron chi connectivity index (χ4n) is 1.36. The highest BCUT2D eigenvalue weighted by atomic mass is 16.7. The normalized spacial score (nSPS) is 11.7. The number of rotatable bonds is 7. The Hall–Kier alpha value is -1.81. The van der Waals surface area contributed by atoms with Gasteiger partial charge in [-0.1, -0.05) is 24.8 Å². The summed E-state index contributed by atoms with van der Waals surface area (Å²) < 4.78 is 15.4. The minimum atomic E-state index is -0.550. The largest absolute Gasteiger partial charge is 0.482 e. The lowest BCUT2D eigenvalue weighted by molar-refractivity contribution is -0.175. The second-order valence-corrected chi connectivity index (χ2v) is 3.58. The molecular formula is C14H18O4. The number of esters is 1. The Bertz CT molecular complexity index is 401. The highest BCUT2D eigenvalue weighted by molar-refractivity contribution is 5.71. The van der Waals surface area contributed by atoms with Crippen LogP contribution in [0.2, 0.25) is 0 Å². The summed E-state index contributed by atoms with van der Waals surface area (Å²) in [5, 5.41) is 0. The summed E-state index contributed by atoms with van der Waals surface area (Å²) in [4.78, 5) is 11.4. The fourth-order valence-corrected chi connectivity index (χ4v) is 1.36. The smallest absolute Gasteiger partial charge is 0.346 e. The van der Waals surface area contributed by atoms with Gasteiger partial charge in [0.15, 0.2) is 12.9 Å². The van der Waals surface area contributed by atoms with Crippen LogP contribution < -0.4 is 4.74 Å². The van der Waals surface area contributed by atoms with Gasteiger partial charge in [-0.2, -0.15) is 0 Å². The number of hydrogen-bond acceptors (Lipinski definition) is 4. The molecule has 0 fully saturated rings. The van der Waals surface area contributed by atoms with Crippen molar-refractivity contribution in [1.82, 2.24) is 0 Å². The van der Waals surface area contributed by atoms with E-state index in [0.717, 1.165) is 5.56 Å². The molecule has 0 spiro atoms. The molecule has 0 heterocycles. The maximum atomic E-state index is 11.4. The number of benzene rings is 1. The SMILES string of the molecule is C=Cc1cccc(OCC(=O)OC(C)OCC)c1. The first-order valence-electron chi connectivity index (χ1n) is 5.82. The van der Waals surface area contributed by atoms with Crippen LogP contribution in [-0.2, 0) is 14.3 Å². The number of carbonyl (C=O) groups is 1. The molecule has 4 nitrogen and oxygen atoms in total. The molecule has 1 aromatic rings. The highest BCUT2D eigenvalue weighted by Crippen LogP contribution is 2.14. The molecule has 0 N–H and O–H groups in total. The minimum absolute atomic E-state index is 0.141. The molecule has 4 heteroatoms. The van der Waals surface area contributed by atoms with E-state index in [4.69, 9.17) is 14.2 Å². The van der Waals surface area contributed by atoms with Crippen LogP contribution in [-0.4, -0.2) is 25.5 Å². The van der Waals surface area contributed by atoms with Crippen LogP contribution in [0.3, 0.4) is 0 Å². The molecule has 18 heavy (non-hydrogen) atoms. The van der Waals surface area contributed by atoms with Crippen molar-refractivity contribution in [1.29, 1.82) is 0 Å². The molecule has 98 valence electrons. The van der Waals surface area contributed by atoms with Gasteiger partial charge >= 0.3 is 5.97 Å². The highest BCUT2D eigenvalue weighted by Gasteiger charge is 2.09. The summed E-state index contributed by atoms with van der Waals surface area (Å²) in [6, 6.07) is 7.30. The standard InChI is InChI=1S/C14H18O4/c1-4-12-7-6-8-13(9-12)17-10-14(15)18-11(3)16-5-2/h4,6-9,11H,1,5,10H2,2-3H3. The third-order valence-corrected chi connectivity index (χ3v) is 2.15. The Balaban J connectivity index is 2.39. The zero-order chi connectivity index (χ0) is 13.4. The molecule has 0 saturated heterocycles. The van der Waals surface area contributed by atoms with Crippen molar-refractivity contribution in [2.24, 2.45) is 0 Å².